The van der Waals surface area contributed by atoms with Crippen molar-refractivity contribution in [1.29, 1.82) is 0 Å². The highest BCUT2D eigenvalue weighted by atomic mass is 16.7. The van der Waals surface area contributed by atoms with Crippen molar-refractivity contribution < 1.29 is 14.2 Å². The summed E-state index contributed by atoms with van der Waals surface area (Å²) in [5.74, 6) is 1.61. The Balaban J connectivity index is 1.92. The number of nitrogens with one attached hydrogen (secondary N) is 1. The Hall–Kier alpha value is -1.30. The molecule has 1 atom stereocenters. The van der Waals surface area contributed by atoms with Gasteiger partial charge in [-0.15, -0.1) is 0 Å². The van der Waals surface area contributed by atoms with Gasteiger partial charge in [-0.2, -0.15) is 0 Å². The Morgan fingerprint density at radius 3 is 2.72 bits per heavy atom. The second-order valence-corrected chi connectivity index (χ2v) is 4.89. The Kier molecular flexibility index (Phi) is 2.89. The SMILES string of the molecule is CNC(c1ccc2c(c1)OCO2)C1(CN)COC1. The molecule has 1 saturated heterocycles. The van der Waals surface area contributed by atoms with Crippen molar-refractivity contribution in [3.8, 4) is 11.5 Å². The highest BCUT2D eigenvalue weighted by molar-refractivity contribution is 5.45. The third-order valence-electron chi connectivity index (χ3n) is 3.82. The van der Waals surface area contributed by atoms with E-state index in [1.165, 1.54) is 0 Å². The van der Waals surface area contributed by atoms with Crippen LogP contribution in [0.2, 0.25) is 0 Å². The van der Waals surface area contributed by atoms with Crippen LogP contribution in [0.4, 0.5) is 0 Å². The Morgan fingerprint density at radius 1 is 1.33 bits per heavy atom. The molecule has 2 heterocycles. The molecule has 18 heavy (non-hydrogen) atoms. The van der Waals surface area contributed by atoms with Crippen LogP contribution in [0.5, 0.6) is 11.5 Å². The van der Waals surface area contributed by atoms with E-state index in [-0.39, 0.29) is 11.5 Å². The topological polar surface area (TPSA) is 65.7 Å². The molecule has 0 spiro atoms. The van der Waals surface area contributed by atoms with Crippen LogP contribution in [-0.2, 0) is 4.74 Å². The molecule has 1 unspecified atom stereocenters. The van der Waals surface area contributed by atoms with E-state index >= 15 is 0 Å². The summed E-state index contributed by atoms with van der Waals surface area (Å²) in [6, 6.07) is 6.21. The maximum atomic E-state index is 5.92. The first-order valence-corrected chi connectivity index (χ1v) is 6.14. The van der Waals surface area contributed by atoms with E-state index < -0.39 is 0 Å². The standard InChI is InChI=1S/C13H18N2O3/c1-15-12(13(5-14)6-16-7-13)9-2-3-10-11(4-9)18-8-17-10/h2-4,12,15H,5-8,14H2,1H3. The predicted molar refractivity (Wildman–Crippen MR) is 66.7 cm³/mol. The number of hydrogen-bond donors (Lipinski definition) is 2. The maximum Gasteiger partial charge on any atom is 0.231 e. The summed E-state index contributed by atoms with van der Waals surface area (Å²) in [5.41, 5.74) is 7.07. The van der Waals surface area contributed by atoms with Crippen LogP contribution < -0.4 is 20.5 Å². The summed E-state index contributed by atoms with van der Waals surface area (Å²) in [6.45, 7) is 2.30. The molecule has 0 radical (unpaired) electrons. The Morgan fingerprint density at radius 2 is 2.11 bits per heavy atom. The van der Waals surface area contributed by atoms with E-state index in [0.29, 0.717) is 26.6 Å². The summed E-state index contributed by atoms with van der Waals surface area (Å²) >= 11 is 0. The van der Waals surface area contributed by atoms with Gasteiger partial charge >= 0.3 is 0 Å². The second kappa shape index (κ2) is 4.42. The summed E-state index contributed by atoms with van der Waals surface area (Å²) in [5, 5.41) is 3.35. The molecule has 0 aliphatic carbocycles. The van der Waals surface area contributed by atoms with Crippen molar-refractivity contribution in [2.75, 3.05) is 33.6 Å². The number of ether oxygens (including phenoxy) is 3. The highest BCUT2D eigenvalue weighted by Crippen LogP contribution is 2.42. The molecule has 3 N–H and O–H groups in total. The molecule has 3 rings (SSSR count). The molecule has 5 nitrogen and oxygen atoms in total. The molecule has 1 aromatic carbocycles. The van der Waals surface area contributed by atoms with Crippen LogP contribution in [0, 0.1) is 5.41 Å². The third kappa shape index (κ3) is 1.67. The zero-order valence-electron chi connectivity index (χ0n) is 10.4. The van der Waals surface area contributed by atoms with E-state index in [1.54, 1.807) is 0 Å². The van der Waals surface area contributed by atoms with Crippen molar-refractivity contribution in [2.24, 2.45) is 11.1 Å². The number of nitrogens with two attached hydrogens (primary N) is 1. The van der Waals surface area contributed by atoms with Crippen LogP contribution in [0.3, 0.4) is 0 Å². The number of hydrogen-bond acceptors (Lipinski definition) is 5. The second-order valence-electron chi connectivity index (χ2n) is 4.89. The first-order valence-electron chi connectivity index (χ1n) is 6.14. The fourth-order valence-electron chi connectivity index (χ4n) is 2.69. The van der Waals surface area contributed by atoms with Crippen molar-refractivity contribution in [3.05, 3.63) is 23.8 Å². The molecule has 5 heteroatoms. The Bertz CT molecular complexity index is 440. The molecule has 2 aliphatic rings. The van der Waals surface area contributed by atoms with Crippen LogP contribution in [0.25, 0.3) is 0 Å². The molecule has 1 aromatic rings. The fraction of sp³-hybridized carbons (Fsp3) is 0.538. The van der Waals surface area contributed by atoms with E-state index in [1.807, 2.05) is 19.2 Å². The van der Waals surface area contributed by atoms with Gasteiger partial charge < -0.3 is 25.3 Å². The van der Waals surface area contributed by atoms with Crippen molar-refractivity contribution >= 4 is 0 Å². The molecule has 1 fully saturated rings. The van der Waals surface area contributed by atoms with Gasteiger partial charge in [0, 0.05) is 18.0 Å². The summed E-state index contributed by atoms with van der Waals surface area (Å²) in [6.07, 6.45) is 0. The lowest BCUT2D eigenvalue weighted by Crippen LogP contribution is -2.55. The number of benzene rings is 1. The van der Waals surface area contributed by atoms with Gasteiger partial charge in [0.15, 0.2) is 11.5 Å². The van der Waals surface area contributed by atoms with Gasteiger partial charge in [0.05, 0.1) is 13.2 Å². The third-order valence-corrected chi connectivity index (χ3v) is 3.82. The molecular weight excluding hydrogens is 232 g/mol. The lowest BCUT2D eigenvalue weighted by Gasteiger charge is -2.46. The lowest BCUT2D eigenvalue weighted by atomic mass is 9.75. The average Bonchev–Trinajstić information content (AvgIpc) is 2.80. The van der Waals surface area contributed by atoms with Gasteiger partial charge in [-0.05, 0) is 24.7 Å². The first-order chi connectivity index (χ1) is 8.79. The van der Waals surface area contributed by atoms with E-state index in [0.717, 1.165) is 17.1 Å². The van der Waals surface area contributed by atoms with Gasteiger partial charge in [0.25, 0.3) is 0 Å². The highest BCUT2D eigenvalue weighted by Gasteiger charge is 2.45. The fourth-order valence-corrected chi connectivity index (χ4v) is 2.69. The van der Waals surface area contributed by atoms with Crippen LogP contribution >= 0.6 is 0 Å². The minimum atomic E-state index is -0.0115. The zero-order valence-corrected chi connectivity index (χ0v) is 10.4. The monoisotopic (exact) mass is 250 g/mol. The van der Waals surface area contributed by atoms with Gasteiger partial charge in [-0.25, -0.2) is 0 Å². The van der Waals surface area contributed by atoms with Gasteiger partial charge in [-0.1, -0.05) is 6.07 Å². The van der Waals surface area contributed by atoms with E-state index in [9.17, 15) is 0 Å². The lowest BCUT2D eigenvalue weighted by molar-refractivity contribution is -0.126. The minimum Gasteiger partial charge on any atom is -0.454 e. The van der Waals surface area contributed by atoms with Gasteiger partial charge in [0.2, 0.25) is 6.79 Å². The smallest absolute Gasteiger partial charge is 0.231 e. The summed E-state index contributed by atoms with van der Waals surface area (Å²) < 4.78 is 16.1. The van der Waals surface area contributed by atoms with Crippen LogP contribution in [-0.4, -0.2) is 33.6 Å². The Labute approximate surface area is 106 Å². The van der Waals surface area contributed by atoms with Gasteiger partial charge in [0.1, 0.15) is 0 Å². The maximum absolute atomic E-state index is 5.92. The van der Waals surface area contributed by atoms with Crippen molar-refractivity contribution in [1.82, 2.24) is 5.32 Å². The van der Waals surface area contributed by atoms with Gasteiger partial charge in [-0.3, -0.25) is 0 Å². The van der Waals surface area contributed by atoms with Crippen LogP contribution in [0.1, 0.15) is 11.6 Å². The minimum absolute atomic E-state index is 0.0115. The molecule has 0 amide bonds. The van der Waals surface area contributed by atoms with E-state index in [2.05, 4.69) is 11.4 Å². The molecule has 0 bridgehead atoms. The van der Waals surface area contributed by atoms with Crippen molar-refractivity contribution in [3.63, 3.8) is 0 Å². The molecule has 0 saturated carbocycles. The number of rotatable bonds is 4. The molecule has 2 aliphatic heterocycles. The average molecular weight is 250 g/mol. The predicted octanol–water partition coefficient (Wildman–Crippen LogP) is 0.651. The van der Waals surface area contributed by atoms with E-state index in [4.69, 9.17) is 19.9 Å². The first kappa shape index (κ1) is 11.8. The normalized spacial score (nSPS) is 21.4. The number of fused-ring (bicyclic) bond motifs is 1. The van der Waals surface area contributed by atoms with Crippen LogP contribution in [0.15, 0.2) is 18.2 Å². The largest absolute Gasteiger partial charge is 0.454 e. The summed E-state index contributed by atoms with van der Waals surface area (Å²) in [7, 11) is 1.95. The zero-order chi connectivity index (χ0) is 12.6. The van der Waals surface area contributed by atoms with Crippen molar-refractivity contribution in [2.45, 2.75) is 6.04 Å². The molecule has 0 aromatic heterocycles. The molecule has 98 valence electrons. The summed E-state index contributed by atoms with van der Waals surface area (Å²) in [4.78, 5) is 0. The molecular formula is C13H18N2O3. The quantitative estimate of drug-likeness (QED) is 0.821.